The van der Waals surface area contributed by atoms with Crippen molar-refractivity contribution in [3.05, 3.63) is 29.8 Å². The molecule has 1 aliphatic rings. The van der Waals surface area contributed by atoms with Gasteiger partial charge in [0.05, 0.1) is 10.5 Å². The lowest BCUT2D eigenvalue weighted by atomic mass is 10.0. The predicted molar refractivity (Wildman–Crippen MR) is 75.2 cm³/mol. The number of sulfonamides is 1. The molecule has 2 rings (SSSR count). The molecule has 1 heterocycles. The van der Waals surface area contributed by atoms with Gasteiger partial charge >= 0.3 is 5.97 Å². The highest BCUT2D eigenvalue weighted by atomic mass is 32.2. The largest absolute Gasteiger partial charge is 0.478 e. The first-order valence-electron chi connectivity index (χ1n) is 6.78. The number of hydrogen-bond acceptors (Lipinski definition) is 3. The normalized spacial score (nSPS) is 20.1. The molecule has 20 heavy (non-hydrogen) atoms. The molecule has 1 saturated heterocycles. The van der Waals surface area contributed by atoms with E-state index in [0.29, 0.717) is 19.0 Å². The van der Waals surface area contributed by atoms with E-state index in [4.69, 9.17) is 5.11 Å². The summed E-state index contributed by atoms with van der Waals surface area (Å²) in [5, 5.41) is 8.94. The summed E-state index contributed by atoms with van der Waals surface area (Å²) in [6, 6.07) is 5.54. The van der Waals surface area contributed by atoms with Crippen molar-refractivity contribution >= 4 is 16.0 Å². The fraction of sp³-hybridized carbons (Fsp3) is 0.500. The zero-order valence-electron chi connectivity index (χ0n) is 11.4. The Morgan fingerprint density at radius 3 is 2.85 bits per heavy atom. The van der Waals surface area contributed by atoms with Gasteiger partial charge in [-0.3, -0.25) is 0 Å². The average Bonchev–Trinajstić information content (AvgIpc) is 2.88. The first kappa shape index (κ1) is 15.0. The van der Waals surface area contributed by atoms with Crippen LogP contribution in [0.15, 0.2) is 29.2 Å². The number of carbonyl (C=O) groups is 1. The summed E-state index contributed by atoms with van der Waals surface area (Å²) in [6.45, 7) is 3.14. The molecule has 110 valence electrons. The number of nitrogens with zero attached hydrogens (tertiary/aromatic N) is 1. The van der Waals surface area contributed by atoms with Gasteiger partial charge in [-0.05, 0) is 37.0 Å². The van der Waals surface area contributed by atoms with Gasteiger partial charge in [0, 0.05) is 13.1 Å². The fourth-order valence-corrected chi connectivity index (χ4v) is 4.18. The highest BCUT2D eigenvalue weighted by molar-refractivity contribution is 7.89. The SMILES string of the molecule is CCCC1CCN(S(=O)(=O)c2cccc(C(=O)O)c2)C1. The quantitative estimate of drug-likeness (QED) is 0.904. The van der Waals surface area contributed by atoms with Gasteiger partial charge in [-0.2, -0.15) is 4.31 Å². The predicted octanol–water partition coefficient (Wildman–Crippen LogP) is 2.20. The van der Waals surface area contributed by atoms with E-state index < -0.39 is 16.0 Å². The maximum atomic E-state index is 12.5. The molecule has 5 nitrogen and oxygen atoms in total. The van der Waals surface area contributed by atoms with Crippen LogP contribution in [0, 0.1) is 5.92 Å². The molecule has 0 bridgehead atoms. The fourth-order valence-electron chi connectivity index (χ4n) is 2.60. The molecular weight excluding hydrogens is 278 g/mol. The van der Waals surface area contributed by atoms with E-state index in [1.807, 2.05) is 0 Å². The van der Waals surface area contributed by atoms with Gasteiger partial charge in [0.1, 0.15) is 0 Å². The van der Waals surface area contributed by atoms with Gasteiger partial charge in [-0.15, -0.1) is 0 Å². The summed E-state index contributed by atoms with van der Waals surface area (Å²) >= 11 is 0. The van der Waals surface area contributed by atoms with E-state index in [0.717, 1.165) is 19.3 Å². The third-order valence-corrected chi connectivity index (χ3v) is 5.53. The van der Waals surface area contributed by atoms with Crippen molar-refractivity contribution in [1.82, 2.24) is 4.31 Å². The lowest BCUT2D eigenvalue weighted by Gasteiger charge is -2.16. The van der Waals surface area contributed by atoms with Crippen molar-refractivity contribution in [3.8, 4) is 0 Å². The van der Waals surface area contributed by atoms with Crippen LogP contribution >= 0.6 is 0 Å². The third-order valence-electron chi connectivity index (χ3n) is 3.66. The van der Waals surface area contributed by atoms with E-state index in [1.165, 1.54) is 28.6 Å². The highest BCUT2D eigenvalue weighted by Crippen LogP contribution is 2.27. The van der Waals surface area contributed by atoms with Crippen LogP contribution in [0.3, 0.4) is 0 Å². The molecule has 1 unspecified atom stereocenters. The Labute approximate surface area is 119 Å². The van der Waals surface area contributed by atoms with Gasteiger partial charge in [-0.1, -0.05) is 19.4 Å². The Morgan fingerprint density at radius 2 is 2.20 bits per heavy atom. The van der Waals surface area contributed by atoms with Crippen molar-refractivity contribution in [2.24, 2.45) is 5.92 Å². The van der Waals surface area contributed by atoms with Gasteiger partial charge in [0.15, 0.2) is 0 Å². The first-order chi connectivity index (χ1) is 9.45. The molecule has 1 aromatic carbocycles. The van der Waals surface area contributed by atoms with Gasteiger partial charge in [0.25, 0.3) is 0 Å². The van der Waals surface area contributed by atoms with Crippen LogP contribution in [-0.2, 0) is 10.0 Å². The third kappa shape index (κ3) is 3.02. The second kappa shape index (κ2) is 5.93. The van der Waals surface area contributed by atoms with Crippen LogP contribution in [0.1, 0.15) is 36.5 Å². The summed E-state index contributed by atoms with van der Waals surface area (Å²) in [5.41, 5.74) is -0.00428. The van der Waals surface area contributed by atoms with Crippen LogP contribution in [0.5, 0.6) is 0 Å². The van der Waals surface area contributed by atoms with Crippen molar-refractivity contribution < 1.29 is 18.3 Å². The van der Waals surface area contributed by atoms with Crippen molar-refractivity contribution in [2.75, 3.05) is 13.1 Å². The molecule has 1 atom stereocenters. The topological polar surface area (TPSA) is 74.7 Å². The molecule has 1 aromatic rings. The van der Waals surface area contributed by atoms with Gasteiger partial charge in [-0.25, -0.2) is 13.2 Å². The van der Waals surface area contributed by atoms with Gasteiger partial charge in [0.2, 0.25) is 10.0 Å². The van der Waals surface area contributed by atoms with Crippen LogP contribution in [0.4, 0.5) is 0 Å². The van der Waals surface area contributed by atoms with E-state index in [2.05, 4.69) is 6.92 Å². The van der Waals surface area contributed by atoms with Gasteiger partial charge < -0.3 is 5.11 Å². The minimum absolute atomic E-state index is 0.00428. The van der Waals surface area contributed by atoms with Crippen LogP contribution in [0.25, 0.3) is 0 Å². The van der Waals surface area contributed by atoms with Crippen molar-refractivity contribution in [2.45, 2.75) is 31.1 Å². The number of hydrogen-bond donors (Lipinski definition) is 1. The molecule has 1 N–H and O–H groups in total. The van der Waals surface area contributed by atoms with E-state index >= 15 is 0 Å². The molecule has 0 spiro atoms. The number of rotatable bonds is 5. The highest BCUT2D eigenvalue weighted by Gasteiger charge is 2.32. The lowest BCUT2D eigenvalue weighted by molar-refractivity contribution is 0.0696. The molecule has 0 aliphatic carbocycles. The minimum Gasteiger partial charge on any atom is -0.478 e. The molecule has 1 fully saturated rings. The summed E-state index contributed by atoms with van der Waals surface area (Å²) < 4.78 is 26.5. The Bertz CT molecular complexity index is 597. The Hall–Kier alpha value is -1.40. The average molecular weight is 297 g/mol. The van der Waals surface area contributed by atoms with E-state index in [-0.39, 0.29) is 10.5 Å². The number of carboxylic acids is 1. The van der Waals surface area contributed by atoms with Crippen LogP contribution < -0.4 is 0 Å². The second-order valence-corrected chi connectivity index (χ2v) is 7.08. The van der Waals surface area contributed by atoms with Crippen molar-refractivity contribution in [3.63, 3.8) is 0 Å². The first-order valence-corrected chi connectivity index (χ1v) is 8.22. The Kier molecular flexibility index (Phi) is 4.45. The zero-order chi connectivity index (χ0) is 14.8. The Balaban J connectivity index is 2.23. The molecule has 1 aliphatic heterocycles. The summed E-state index contributed by atoms with van der Waals surface area (Å²) in [7, 11) is -3.58. The zero-order valence-corrected chi connectivity index (χ0v) is 12.3. The van der Waals surface area contributed by atoms with Crippen LogP contribution in [-0.4, -0.2) is 36.9 Å². The minimum atomic E-state index is -3.58. The van der Waals surface area contributed by atoms with Crippen LogP contribution in [0.2, 0.25) is 0 Å². The number of carboxylic acid groups (broad SMARTS) is 1. The summed E-state index contributed by atoms with van der Waals surface area (Å²) in [6.07, 6.45) is 2.96. The second-order valence-electron chi connectivity index (χ2n) is 5.14. The summed E-state index contributed by atoms with van der Waals surface area (Å²) in [4.78, 5) is 11.0. The Morgan fingerprint density at radius 1 is 1.45 bits per heavy atom. The number of benzene rings is 1. The molecule has 0 saturated carbocycles. The van der Waals surface area contributed by atoms with Crippen molar-refractivity contribution in [1.29, 1.82) is 0 Å². The smallest absolute Gasteiger partial charge is 0.335 e. The molecule has 6 heteroatoms. The molecule has 0 radical (unpaired) electrons. The standard InChI is InChI=1S/C14H19NO4S/c1-2-4-11-7-8-15(10-11)20(18,19)13-6-3-5-12(9-13)14(16)17/h3,5-6,9,11H,2,4,7-8,10H2,1H3,(H,16,17). The molecule has 0 aromatic heterocycles. The lowest BCUT2D eigenvalue weighted by Crippen LogP contribution is -2.29. The van der Waals surface area contributed by atoms with E-state index in [1.54, 1.807) is 0 Å². The monoisotopic (exact) mass is 297 g/mol. The summed E-state index contributed by atoms with van der Waals surface area (Å²) in [5.74, 6) is -0.704. The maximum Gasteiger partial charge on any atom is 0.335 e. The molecule has 0 amide bonds. The number of aromatic carboxylic acids is 1. The molecular formula is C14H19NO4S. The van der Waals surface area contributed by atoms with E-state index in [9.17, 15) is 13.2 Å². The maximum absolute atomic E-state index is 12.5.